The van der Waals surface area contributed by atoms with E-state index in [1.807, 2.05) is 6.07 Å². The number of methoxy groups -OCH3 is 2. The lowest BCUT2D eigenvalue weighted by Crippen LogP contribution is -2.12. The average Bonchev–Trinajstić information content (AvgIpc) is 2.97. The molecule has 3 aromatic rings. The normalized spacial score (nSPS) is 10.1. The first-order chi connectivity index (χ1) is 12.8. The first kappa shape index (κ1) is 20.1. The molecule has 0 aliphatic carbocycles. The molecule has 0 saturated heterocycles. The van der Waals surface area contributed by atoms with Gasteiger partial charge in [0.1, 0.15) is 17.2 Å². The molecule has 1 heterocycles. The van der Waals surface area contributed by atoms with Crippen LogP contribution < -0.4 is 15.2 Å². The third-order valence-electron chi connectivity index (χ3n) is 3.90. The van der Waals surface area contributed by atoms with Crippen LogP contribution in [0.2, 0.25) is 5.02 Å². The van der Waals surface area contributed by atoms with Crippen molar-refractivity contribution in [3.8, 4) is 11.5 Å². The number of hydrogen-bond donors (Lipinski definition) is 2. The zero-order valence-corrected chi connectivity index (χ0v) is 15.8. The summed E-state index contributed by atoms with van der Waals surface area (Å²) in [5, 5.41) is 10.3. The highest BCUT2D eigenvalue weighted by Crippen LogP contribution is 2.24. The van der Waals surface area contributed by atoms with Gasteiger partial charge in [-0.3, -0.25) is 4.79 Å². The van der Waals surface area contributed by atoms with E-state index in [-0.39, 0.29) is 5.69 Å². The minimum atomic E-state index is -0.931. The van der Waals surface area contributed by atoms with Crippen molar-refractivity contribution in [2.24, 2.45) is 12.8 Å². The maximum Gasteiger partial charge on any atom is 0.352 e. The zero-order chi connectivity index (χ0) is 20.1. The van der Waals surface area contributed by atoms with Crippen molar-refractivity contribution in [1.29, 1.82) is 0 Å². The summed E-state index contributed by atoms with van der Waals surface area (Å²) in [7, 11) is 4.74. The Morgan fingerprint density at radius 3 is 2.33 bits per heavy atom. The lowest BCUT2D eigenvalue weighted by molar-refractivity contribution is 0.0687. The van der Waals surface area contributed by atoms with Crippen molar-refractivity contribution in [1.82, 2.24) is 4.57 Å². The standard InChI is InChI=1S/C10H8ClNO2.C9H11NO3/c1-12-8-3-2-7(11)4-6(8)5-9(12)10(13)14;1-12-6-3-4-7(9(10)11)8(5-6)13-2/h2-5H,1H3,(H,13,14);3-5H,1-2H3,(H2,10,11). The van der Waals surface area contributed by atoms with Crippen LogP contribution in [0.4, 0.5) is 0 Å². The molecule has 0 aliphatic heterocycles. The second-order valence-corrected chi connectivity index (χ2v) is 5.96. The highest BCUT2D eigenvalue weighted by atomic mass is 35.5. The molecule has 2 aromatic carbocycles. The fraction of sp³-hybridized carbons (Fsp3) is 0.158. The molecular weight excluding hydrogens is 372 g/mol. The van der Waals surface area contributed by atoms with Gasteiger partial charge in [0.2, 0.25) is 0 Å². The van der Waals surface area contributed by atoms with E-state index < -0.39 is 11.9 Å². The van der Waals surface area contributed by atoms with Gasteiger partial charge in [0.05, 0.1) is 19.8 Å². The van der Waals surface area contributed by atoms with Gasteiger partial charge in [0.15, 0.2) is 0 Å². The quantitative estimate of drug-likeness (QED) is 0.711. The van der Waals surface area contributed by atoms with Crippen molar-refractivity contribution in [2.75, 3.05) is 14.2 Å². The SMILES string of the molecule is COc1ccc(C(N)=O)c(OC)c1.Cn1c(C(=O)O)cc2cc(Cl)ccc21. The second-order valence-electron chi connectivity index (χ2n) is 5.53. The Balaban J connectivity index is 0.000000194. The average molecular weight is 391 g/mol. The third kappa shape index (κ3) is 4.51. The lowest BCUT2D eigenvalue weighted by atomic mass is 10.2. The van der Waals surface area contributed by atoms with Gasteiger partial charge in [0, 0.05) is 29.0 Å². The van der Waals surface area contributed by atoms with Gasteiger partial charge in [-0.25, -0.2) is 4.79 Å². The number of ether oxygens (including phenoxy) is 2. The number of carboxylic acid groups (broad SMARTS) is 1. The number of carbonyl (C=O) groups is 2. The number of hydrogen-bond acceptors (Lipinski definition) is 4. The number of aryl methyl sites for hydroxylation is 1. The van der Waals surface area contributed by atoms with Gasteiger partial charge in [-0.1, -0.05) is 11.6 Å². The topological polar surface area (TPSA) is 104 Å². The Labute approximate surface area is 160 Å². The van der Waals surface area contributed by atoms with E-state index in [0.717, 1.165) is 10.9 Å². The Hall–Kier alpha value is -3.19. The number of aromatic carboxylic acids is 1. The van der Waals surface area contributed by atoms with E-state index in [1.165, 1.54) is 7.11 Å². The molecule has 0 atom stereocenters. The minimum absolute atomic E-state index is 0.266. The summed E-state index contributed by atoms with van der Waals surface area (Å²) in [6.07, 6.45) is 0. The molecule has 3 rings (SSSR count). The number of carbonyl (C=O) groups excluding carboxylic acids is 1. The number of amides is 1. The summed E-state index contributed by atoms with van der Waals surface area (Å²) in [6.45, 7) is 0. The molecule has 0 saturated carbocycles. The fourth-order valence-corrected chi connectivity index (χ4v) is 2.71. The summed E-state index contributed by atoms with van der Waals surface area (Å²) in [6, 6.07) is 11.8. The van der Waals surface area contributed by atoms with Gasteiger partial charge in [0.25, 0.3) is 5.91 Å². The Morgan fingerprint density at radius 2 is 1.78 bits per heavy atom. The molecule has 142 valence electrons. The monoisotopic (exact) mass is 390 g/mol. The van der Waals surface area contributed by atoms with E-state index in [1.54, 1.807) is 55.1 Å². The highest BCUT2D eigenvalue weighted by molar-refractivity contribution is 6.31. The summed E-state index contributed by atoms with van der Waals surface area (Å²) in [5.74, 6) is -0.395. The van der Waals surface area contributed by atoms with Crippen LogP contribution in [0.15, 0.2) is 42.5 Å². The Bertz CT molecular complexity index is 997. The number of benzene rings is 2. The number of nitrogens with two attached hydrogens (primary N) is 1. The van der Waals surface area contributed by atoms with E-state index in [2.05, 4.69) is 0 Å². The van der Waals surface area contributed by atoms with Crippen molar-refractivity contribution < 1.29 is 24.2 Å². The molecule has 1 amide bonds. The van der Waals surface area contributed by atoms with Crippen LogP contribution in [0, 0.1) is 0 Å². The second kappa shape index (κ2) is 8.46. The molecule has 0 aliphatic rings. The highest BCUT2D eigenvalue weighted by Gasteiger charge is 2.11. The summed E-state index contributed by atoms with van der Waals surface area (Å²) in [4.78, 5) is 21.7. The number of halogens is 1. The molecule has 0 fully saturated rings. The number of aromatic nitrogens is 1. The molecule has 3 N–H and O–H groups in total. The number of nitrogens with zero attached hydrogens (tertiary/aromatic N) is 1. The molecule has 1 aromatic heterocycles. The van der Waals surface area contributed by atoms with Gasteiger partial charge >= 0.3 is 5.97 Å². The predicted molar refractivity (Wildman–Crippen MR) is 103 cm³/mol. The number of primary amides is 1. The van der Waals surface area contributed by atoms with Gasteiger partial charge in [-0.05, 0) is 36.4 Å². The van der Waals surface area contributed by atoms with E-state index >= 15 is 0 Å². The van der Waals surface area contributed by atoms with Crippen LogP contribution in [0.25, 0.3) is 10.9 Å². The third-order valence-corrected chi connectivity index (χ3v) is 4.13. The number of rotatable bonds is 4. The van der Waals surface area contributed by atoms with Crippen molar-refractivity contribution in [3.05, 3.63) is 58.7 Å². The first-order valence-electron chi connectivity index (χ1n) is 7.78. The Morgan fingerprint density at radius 1 is 1.07 bits per heavy atom. The maximum atomic E-state index is 10.9. The van der Waals surface area contributed by atoms with Crippen LogP contribution >= 0.6 is 11.6 Å². The molecule has 27 heavy (non-hydrogen) atoms. The maximum absolute atomic E-state index is 10.9. The van der Waals surface area contributed by atoms with E-state index in [4.69, 9.17) is 31.9 Å². The molecule has 0 radical (unpaired) electrons. The largest absolute Gasteiger partial charge is 0.497 e. The van der Waals surface area contributed by atoms with Crippen molar-refractivity contribution >= 4 is 34.4 Å². The Kier molecular flexibility index (Phi) is 6.31. The molecule has 7 nitrogen and oxygen atoms in total. The molecule has 8 heteroatoms. The summed E-state index contributed by atoms with van der Waals surface area (Å²) >= 11 is 5.80. The van der Waals surface area contributed by atoms with Crippen LogP contribution in [0.3, 0.4) is 0 Å². The molecule has 0 bridgehead atoms. The number of fused-ring (bicyclic) bond motifs is 1. The van der Waals surface area contributed by atoms with Crippen LogP contribution in [-0.4, -0.2) is 35.8 Å². The van der Waals surface area contributed by atoms with Gasteiger partial charge in [-0.2, -0.15) is 0 Å². The van der Waals surface area contributed by atoms with Crippen LogP contribution in [-0.2, 0) is 7.05 Å². The minimum Gasteiger partial charge on any atom is -0.497 e. The van der Waals surface area contributed by atoms with E-state index in [9.17, 15) is 9.59 Å². The van der Waals surface area contributed by atoms with Gasteiger partial charge in [-0.15, -0.1) is 0 Å². The smallest absolute Gasteiger partial charge is 0.352 e. The van der Waals surface area contributed by atoms with Crippen LogP contribution in [0.1, 0.15) is 20.8 Å². The van der Waals surface area contributed by atoms with Crippen molar-refractivity contribution in [2.45, 2.75) is 0 Å². The molecule has 0 spiro atoms. The van der Waals surface area contributed by atoms with Crippen LogP contribution in [0.5, 0.6) is 11.5 Å². The lowest BCUT2D eigenvalue weighted by Gasteiger charge is -2.06. The van der Waals surface area contributed by atoms with Gasteiger partial charge < -0.3 is 24.9 Å². The predicted octanol–water partition coefficient (Wildman–Crippen LogP) is 3.33. The van der Waals surface area contributed by atoms with Crippen molar-refractivity contribution in [3.63, 3.8) is 0 Å². The zero-order valence-electron chi connectivity index (χ0n) is 15.0. The number of carboxylic acids is 1. The molecule has 0 unspecified atom stereocenters. The van der Waals surface area contributed by atoms with E-state index in [0.29, 0.717) is 22.1 Å². The summed E-state index contributed by atoms with van der Waals surface area (Å²) < 4.78 is 11.6. The molecular formula is C19H19ClN2O5. The fourth-order valence-electron chi connectivity index (χ4n) is 2.53. The summed E-state index contributed by atoms with van der Waals surface area (Å²) in [5.41, 5.74) is 6.61. The first-order valence-corrected chi connectivity index (χ1v) is 8.16.